The van der Waals surface area contributed by atoms with Crippen molar-refractivity contribution in [2.75, 3.05) is 30.8 Å². The second-order valence-electron chi connectivity index (χ2n) is 6.73. The average Bonchev–Trinajstić information content (AvgIpc) is 2.65. The van der Waals surface area contributed by atoms with Crippen molar-refractivity contribution < 1.29 is 17.9 Å². The van der Waals surface area contributed by atoms with Gasteiger partial charge in [-0.3, -0.25) is 9.10 Å². The van der Waals surface area contributed by atoms with Gasteiger partial charge in [0.15, 0.2) is 0 Å². The van der Waals surface area contributed by atoms with Gasteiger partial charge in [-0.1, -0.05) is 24.3 Å². The summed E-state index contributed by atoms with van der Waals surface area (Å²) in [7, 11) is -1.78. The van der Waals surface area contributed by atoms with E-state index in [2.05, 4.69) is 5.32 Å². The SMILES string of the molecule is COc1ccc(CCNC(=O)CCCN(c2cccc(C)c2)S(C)(=O)=O)cc1. The zero-order valence-corrected chi connectivity index (χ0v) is 17.5. The number of hydrogen-bond acceptors (Lipinski definition) is 4. The maximum atomic E-state index is 12.1. The van der Waals surface area contributed by atoms with E-state index < -0.39 is 10.0 Å². The van der Waals surface area contributed by atoms with E-state index in [1.165, 1.54) is 10.6 Å². The van der Waals surface area contributed by atoms with E-state index in [1.54, 1.807) is 13.2 Å². The van der Waals surface area contributed by atoms with Gasteiger partial charge in [0.25, 0.3) is 0 Å². The molecule has 28 heavy (non-hydrogen) atoms. The highest BCUT2D eigenvalue weighted by atomic mass is 32.2. The third-order valence-corrected chi connectivity index (χ3v) is 5.54. The lowest BCUT2D eigenvalue weighted by atomic mass is 10.1. The van der Waals surface area contributed by atoms with Gasteiger partial charge in [-0.05, 0) is 55.2 Å². The maximum Gasteiger partial charge on any atom is 0.232 e. The zero-order valence-electron chi connectivity index (χ0n) is 16.6. The molecule has 152 valence electrons. The zero-order chi connectivity index (χ0) is 20.6. The number of methoxy groups -OCH3 is 1. The van der Waals surface area contributed by atoms with E-state index in [0.29, 0.717) is 18.7 Å². The third kappa shape index (κ3) is 6.88. The second kappa shape index (κ2) is 10.1. The van der Waals surface area contributed by atoms with Crippen molar-refractivity contribution in [3.05, 3.63) is 59.7 Å². The highest BCUT2D eigenvalue weighted by molar-refractivity contribution is 7.92. The Morgan fingerprint density at radius 2 is 1.86 bits per heavy atom. The van der Waals surface area contributed by atoms with E-state index >= 15 is 0 Å². The van der Waals surface area contributed by atoms with E-state index in [4.69, 9.17) is 4.74 Å². The van der Waals surface area contributed by atoms with Crippen molar-refractivity contribution in [2.24, 2.45) is 0 Å². The smallest absolute Gasteiger partial charge is 0.232 e. The van der Waals surface area contributed by atoms with E-state index in [1.807, 2.05) is 49.4 Å². The van der Waals surface area contributed by atoms with Crippen LogP contribution in [-0.4, -0.2) is 40.8 Å². The summed E-state index contributed by atoms with van der Waals surface area (Å²) in [6.45, 7) is 2.73. The fourth-order valence-electron chi connectivity index (χ4n) is 2.88. The van der Waals surface area contributed by atoms with Crippen molar-refractivity contribution in [3.63, 3.8) is 0 Å². The Morgan fingerprint density at radius 1 is 1.14 bits per heavy atom. The predicted octanol–water partition coefficient (Wildman–Crippen LogP) is 2.91. The molecular formula is C21H28N2O4S. The number of nitrogens with zero attached hydrogens (tertiary/aromatic N) is 1. The standard InChI is InChI=1S/C21H28N2O4S/c1-17-6-4-7-19(16-17)23(28(3,25)26)15-5-8-21(24)22-14-13-18-9-11-20(27-2)12-10-18/h4,6-7,9-12,16H,5,8,13-15H2,1-3H3,(H,22,24). The van der Waals surface area contributed by atoms with Crippen LogP contribution in [0.4, 0.5) is 5.69 Å². The molecule has 2 rings (SSSR count). The molecule has 0 heterocycles. The normalized spacial score (nSPS) is 11.1. The number of sulfonamides is 1. The van der Waals surface area contributed by atoms with Crippen molar-refractivity contribution in [1.82, 2.24) is 5.32 Å². The van der Waals surface area contributed by atoms with Gasteiger partial charge in [0, 0.05) is 19.5 Å². The van der Waals surface area contributed by atoms with Crippen LogP contribution in [0.15, 0.2) is 48.5 Å². The van der Waals surface area contributed by atoms with Gasteiger partial charge >= 0.3 is 0 Å². The summed E-state index contributed by atoms with van der Waals surface area (Å²) in [5.41, 5.74) is 2.73. The van der Waals surface area contributed by atoms with Gasteiger partial charge in [-0.15, -0.1) is 0 Å². The summed E-state index contributed by atoms with van der Waals surface area (Å²) < 4.78 is 30.7. The molecule has 7 heteroatoms. The molecule has 2 aromatic rings. The van der Waals surface area contributed by atoms with Crippen LogP contribution in [0.3, 0.4) is 0 Å². The van der Waals surface area contributed by atoms with E-state index in [-0.39, 0.29) is 18.9 Å². The molecule has 0 aliphatic rings. The first kappa shape index (κ1) is 21.8. The highest BCUT2D eigenvalue weighted by Crippen LogP contribution is 2.19. The number of aryl methyl sites for hydroxylation is 1. The maximum absolute atomic E-state index is 12.1. The topological polar surface area (TPSA) is 75.7 Å². The van der Waals surface area contributed by atoms with Crippen LogP contribution in [0.1, 0.15) is 24.0 Å². The number of anilines is 1. The number of hydrogen-bond donors (Lipinski definition) is 1. The number of carbonyl (C=O) groups is 1. The molecule has 0 aliphatic heterocycles. The molecule has 0 spiro atoms. The Hall–Kier alpha value is -2.54. The van der Waals surface area contributed by atoms with Gasteiger partial charge in [-0.25, -0.2) is 8.42 Å². The molecule has 0 aromatic heterocycles. The number of amides is 1. The Labute approximate surface area is 167 Å². The monoisotopic (exact) mass is 404 g/mol. The minimum absolute atomic E-state index is 0.0776. The molecule has 1 amide bonds. The first-order valence-electron chi connectivity index (χ1n) is 9.23. The molecule has 0 bridgehead atoms. The molecule has 0 saturated heterocycles. The van der Waals surface area contributed by atoms with Crippen LogP contribution >= 0.6 is 0 Å². The van der Waals surface area contributed by atoms with Crippen LogP contribution in [0.5, 0.6) is 5.75 Å². The third-order valence-electron chi connectivity index (χ3n) is 4.35. The van der Waals surface area contributed by atoms with Crippen LogP contribution in [0.25, 0.3) is 0 Å². The quantitative estimate of drug-likeness (QED) is 0.661. The summed E-state index contributed by atoms with van der Waals surface area (Å²) in [5, 5.41) is 2.88. The van der Waals surface area contributed by atoms with Crippen molar-refractivity contribution >= 4 is 21.6 Å². The van der Waals surface area contributed by atoms with Gasteiger partial charge in [0.1, 0.15) is 5.75 Å². The second-order valence-corrected chi connectivity index (χ2v) is 8.63. The highest BCUT2D eigenvalue weighted by Gasteiger charge is 2.17. The fourth-order valence-corrected chi connectivity index (χ4v) is 3.84. The van der Waals surface area contributed by atoms with Crippen LogP contribution in [0.2, 0.25) is 0 Å². The lowest BCUT2D eigenvalue weighted by Gasteiger charge is -2.22. The number of carbonyl (C=O) groups excluding carboxylic acids is 1. The molecule has 0 atom stereocenters. The van der Waals surface area contributed by atoms with Gasteiger partial charge in [-0.2, -0.15) is 0 Å². The summed E-state index contributed by atoms with van der Waals surface area (Å²) in [4.78, 5) is 12.1. The summed E-state index contributed by atoms with van der Waals surface area (Å²) in [5.74, 6) is 0.725. The van der Waals surface area contributed by atoms with Crippen molar-refractivity contribution in [1.29, 1.82) is 0 Å². The van der Waals surface area contributed by atoms with E-state index in [9.17, 15) is 13.2 Å². The van der Waals surface area contributed by atoms with Crippen molar-refractivity contribution in [3.8, 4) is 5.75 Å². The molecule has 6 nitrogen and oxygen atoms in total. The molecule has 0 fully saturated rings. The summed E-state index contributed by atoms with van der Waals surface area (Å²) in [6.07, 6.45) is 2.65. The number of nitrogens with one attached hydrogen (secondary N) is 1. The van der Waals surface area contributed by atoms with Crippen LogP contribution in [-0.2, 0) is 21.2 Å². The average molecular weight is 405 g/mol. The largest absolute Gasteiger partial charge is 0.497 e. The molecule has 1 N–H and O–H groups in total. The lowest BCUT2D eigenvalue weighted by molar-refractivity contribution is -0.121. The molecule has 0 unspecified atom stereocenters. The number of ether oxygens (including phenoxy) is 1. The molecule has 0 radical (unpaired) electrons. The summed E-state index contributed by atoms with van der Waals surface area (Å²) in [6, 6.07) is 15.1. The minimum Gasteiger partial charge on any atom is -0.497 e. The molecular weight excluding hydrogens is 376 g/mol. The first-order chi connectivity index (χ1) is 13.3. The number of benzene rings is 2. The predicted molar refractivity (Wildman–Crippen MR) is 112 cm³/mol. The molecule has 0 aliphatic carbocycles. The molecule has 2 aromatic carbocycles. The number of rotatable bonds is 10. The van der Waals surface area contributed by atoms with Crippen LogP contribution < -0.4 is 14.4 Å². The minimum atomic E-state index is -3.40. The van der Waals surface area contributed by atoms with Gasteiger partial charge in [0.2, 0.25) is 15.9 Å². The Morgan fingerprint density at radius 3 is 2.46 bits per heavy atom. The Kier molecular flexibility index (Phi) is 7.87. The van der Waals surface area contributed by atoms with Gasteiger partial charge in [0.05, 0.1) is 19.1 Å². The lowest BCUT2D eigenvalue weighted by Crippen LogP contribution is -2.32. The van der Waals surface area contributed by atoms with E-state index in [0.717, 1.165) is 23.3 Å². The Balaban J connectivity index is 1.79. The Bertz CT molecular complexity index is 880. The fraction of sp³-hybridized carbons (Fsp3) is 0.381. The van der Waals surface area contributed by atoms with Crippen LogP contribution in [0, 0.1) is 6.92 Å². The van der Waals surface area contributed by atoms with Gasteiger partial charge < -0.3 is 10.1 Å². The van der Waals surface area contributed by atoms with Crippen molar-refractivity contribution in [2.45, 2.75) is 26.2 Å². The molecule has 0 saturated carbocycles. The first-order valence-corrected chi connectivity index (χ1v) is 11.1. The summed E-state index contributed by atoms with van der Waals surface area (Å²) >= 11 is 0.